The molecule has 3 rings (SSSR count). The van der Waals surface area contributed by atoms with E-state index in [1.54, 1.807) is 0 Å². The van der Waals surface area contributed by atoms with E-state index in [1.807, 2.05) is 0 Å². The van der Waals surface area contributed by atoms with Crippen molar-refractivity contribution in [3.8, 4) is 0 Å². The number of allylic oxidation sites excluding steroid dienone is 2. The second-order valence-corrected chi connectivity index (χ2v) is 5.05. The van der Waals surface area contributed by atoms with Crippen molar-refractivity contribution in [3.63, 3.8) is 0 Å². The largest absolute Gasteiger partial charge is 0.393 e. The third-order valence-corrected chi connectivity index (χ3v) is 4.15. The second-order valence-electron chi connectivity index (χ2n) is 5.05. The van der Waals surface area contributed by atoms with Crippen molar-refractivity contribution in [1.29, 1.82) is 0 Å². The molecule has 1 saturated carbocycles. The fraction of sp³-hybridized carbons (Fsp3) is 0.636. The molecule has 0 N–H and O–H groups in total. The highest BCUT2D eigenvalue weighted by Crippen LogP contribution is 2.61. The lowest BCUT2D eigenvalue weighted by molar-refractivity contribution is -0.155. The van der Waals surface area contributed by atoms with Gasteiger partial charge in [0.25, 0.3) is 0 Å². The molecule has 2 bridgehead atoms. The van der Waals surface area contributed by atoms with E-state index < -0.39 is 0 Å². The molecule has 3 heteroatoms. The van der Waals surface area contributed by atoms with Gasteiger partial charge in [0, 0.05) is 0 Å². The average molecular weight is 192 g/mol. The van der Waals surface area contributed by atoms with Crippen LogP contribution in [0.4, 0.5) is 0 Å². The molecule has 0 aromatic rings. The monoisotopic (exact) mass is 192 g/mol. The first-order chi connectivity index (χ1) is 6.53. The Morgan fingerprint density at radius 3 is 1.93 bits per heavy atom. The molecular weight excluding hydrogens is 180 g/mol. The first kappa shape index (κ1) is 8.21. The van der Waals surface area contributed by atoms with Crippen LogP contribution < -0.4 is 0 Å². The summed E-state index contributed by atoms with van der Waals surface area (Å²) in [4.78, 5) is 22.9. The fourth-order valence-electron chi connectivity index (χ4n) is 3.39. The molecule has 14 heavy (non-hydrogen) atoms. The predicted octanol–water partition coefficient (Wildman–Crippen LogP) is 1.14. The van der Waals surface area contributed by atoms with Crippen LogP contribution in [0.3, 0.4) is 0 Å². The second kappa shape index (κ2) is 2.10. The molecule has 4 atom stereocenters. The Morgan fingerprint density at radius 2 is 1.50 bits per heavy atom. The lowest BCUT2D eigenvalue weighted by atomic mass is 9.79. The van der Waals surface area contributed by atoms with Crippen molar-refractivity contribution in [3.05, 3.63) is 12.2 Å². The number of esters is 2. The third kappa shape index (κ3) is 0.668. The molecule has 2 aliphatic carbocycles. The highest BCUT2D eigenvalue weighted by Gasteiger charge is 2.65. The number of fused-ring (bicyclic) bond motifs is 5. The predicted molar refractivity (Wildman–Crippen MR) is 48.0 cm³/mol. The molecule has 0 aromatic carbocycles. The van der Waals surface area contributed by atoms with Crippen LogP contribution in [0, 0.1) is 29.1 Å². The smallest absolute Gasteiger partial charge is 0.318 e. The van der Waals surface area contributed by atoms with E-state index in [1.165, 1.54) is 0 Å². The van der Waals surface area contributed by atoms with Gasteiger partial charge in [0.1, 0.15) is 0 Å². The van der Waals surface area contributed by atoms with Gasteiger partial charge in [0.15, 0.2) is 0 Å². The van der Waals surface area contributed by atoms with E-state index in [9.17, 15) is 9.59 Å². The van der Waals surface area contributed by atoms with Gasteiger partial charge in [-0.2, -0.15) is 0 Å². The van der Waals surface area contributed by atoms with Crippen molar-refractivity contribution in [1.82, 2.24) is 0 Å². The minimum absolute atomic E-state index is 0.0461. The zero-order valence-corrected chi connectivity index (χ0v) is 8.19. The van der Waals surface area contributed by atoms with E-state index in [2.05, 4.69) is 30.7 Å². The van der Waals surface area contributed by atoms with Crippen LogP contribution in [-0.4, -0.2) is 11.9 Å². The van der Waals surface area contributed by atoms with Crippen LogP contribution in [0.1, 0.15) is 13.8 Å². The van der Waals surface area contributed by atoms with Crippen LogP contribution in [-0.2, 0) is 14.3 Å². The summed E-state index contributed by atoms with van der Waals surface area (Å²) >= 11 is 0. The molecule has 2 fully saturated rings. The Bertz CT molecular complexity index is 335. The van der Waals surface area contributed by atoms with Gasteiger partial charge in [0.05, 0.1) is 11.8 Å². The van der Waals surface area contributed by atoms with Gasteiger partial charge in [-0.05, 0) is 17.3 Å². The Hall–Kier alpha value is -1.12. The Morgan fingerprint density at radius 1 is 1.07 bits per heavy atom. The number of hydrogen-bond acceptors (Lipinski definition) is 3. The quantitative estimate of drug-likeness (QED) is 0.328. The number of carbonyl (C=O) groups excluding carboxylic acids is 2. The van der Waals surface area contributed by atoms with E-state index in [0.717, 1.165) is 0 Å². The van der Waals surface area contributed by atoms with Crippen LogP contribution in [0.25, 0.3) is 0 Å². The van der Waals surface area contributed by atoms with Crippen molar-refractivity contribution in [2.24, 2.45) is 29.1 Å². The summed E-state index contributed by atoms with van der Waals surface area (Å²) in [6.45, 7) is 4.25. The molecular formula is C11H12O3. The maximum absolute atomic E-state index is 11.5. The van der Waals surface area contributed by atoms with Crippen molar-refractivity contribution in [2.45, 2.75) is 13.8 Å². The summed E-state index contributed by atoms with van der Waals surface area (Å²) < 4.78 is 4.68. The van der Waals surface area contributed by atoms with Gasteiger partial charge in [-0.15, -0.1) is 0 Å². The van der Waals surface area contributed by atoms with Crippen molar-refractivity contribution >= 4 is 11.9 Å². The number of cyclic esters (lactones) is 2. The van der Waals surface area contributed by atoms with Crippen LogP contribution >= 0.6 is 0 Å². The number of rotatable bonds is 0. The number of carbonyl (C=O) groups is 2. The number of ether oxygens (including phenoxy) is 1. The summed E-state index contributed by atoms with van der Waals surface area (Å²) in [7, 11) is 0. The summed E-state index contributed by atoms with van der Waals surface area (Å²) in [6.07, 6.45) is 4.15. The maximum Gasteiger partial charge on any atom is 0.318 e. The zero-order chi connectivity index (χ0) is 10.1. The van der Waals surface area contributed by atoms with Crippen LogP contribution in [0.5, 0.6) is 0 Å². The molecule has 0 aromatic heterocycles. The van der Waals surface area contributed by atoms with Gasteiger partial charge in [-0.3, -0.25) is 9.59 Å². The molecule has 0 spiro atoms. The molecule has 1 aliphatic heterocycles. The Labute approximate surface area is 82.1 Å². The molecule has 0 radical (unpaired) electrons. The summed E-state index contributed by atoms with van der Waals surface area (Å²) in [5, 5.41) is 0. The average Bonchev–Trinajstić information content (AvgIpc) is 2.63. The molecule has 4 unspecified atom stereocenters. The van der Waals surface area contributed by atoms with E-state index in [0.29, 0.717) is 0 Å². The van der Waals surface area contributed by atoms with Crippen LogP contribution in [0.15, 0.2) is 12.2 Å². The van der Waals surface area contributed by atoms with E-state index in [4.69, 9.17) is 0 Å². The SMILES string of the molecule is CC1(C)C2C=CC1C1C(=O)OC(=O)C12. The topological polar surface area (TPSA) is 43.4 Å². The first-order valence-electron chi connectivity index (χ1n) is 4.97. The van der Waals surface area contributed by atoms with Gasteiger partial charge in [-0.25, -0.2) is 0 Å². The standard InChI is InChI=1S/C11H12O3/c1-11(2)5-3-4-6(11)8-7(5)9(12)14-10(8)13/h3-8H,1-2H3. The van der Waals surface area contributed by atoms with Gasteiger partial charge in [0.2, 0.25) is 0 Å². The summed E-state index contributed by atoms with van der Waals surface area (Å²) in [5.41, 5.74) is 0.0461. The normalized spacial score (nSPS) is 47.0. The van der Waals surface area contributed by atoms with Crippen molar-refractivity contribution in [2.75, 3.05) is 0 Å². The lowest BCUT2D eigenvalue weighted by Crippen LogP contribution is -2.24. The molecule has 3 aliphatic rings. The first-order valence-corrected chi connectivity index (χ1v) is 4.97. The maximum atomic E-state index is 11.5. The molecule has 74 valence electrons. The minimum Gasteiger partial charge on any atom is -0.393 e. The van der Waals surface area contributed by atoms with Gasteiger partial charge in [-0.1, -0.05) is 26.0 Å². The Balaban J connectivity index is 2.12. The number of hydrogen-bond donors (Lipinski definition) is 0. The lowest BCUT2D eigenvalue weighted by Gasteiger charge is -2.25. The van der Waals surface area contributed by atoms with E-state index in [-0.39, 0.29) is 41.0 Å². The molecule has 3 nitrogen and oxygen atoms in total. The van der Waals surface area contributed by atoms with Gasteiger partial charge < -0.3 is 4.74 Å². The Kier molecular flexibility index (Phi) is 1.23. The summed E-state index contributed by atoms with van der Waals surface area (Å²) in [6, 6.07) is 0. The van der Waals surface area contributed by atoms with Gasteiger partial charge >= 0.3 is 11.9 Å². The molecule has 0 amide bonds. The third-order valence-electron chi connectivity index (χ3n) is 4.15. The molecule has 1 heterocycles. The zero-order valence-electron chi connectivity index (χ0n) is 8.19. The molecule has 1 saturated heterocycles. The van der Waals surface area contributed by atoms with Crippen molar-refractivity contribution < 1.29 is 14.3 Å². The summed E-state index contributed by atoms with van der Waals surface area (Å²) in [5.74, 6) is -0.650. The van der Waals surface area contributed by atoms with E-state index >= 15 is 0 Å². The fourth-order valence-corrected chi connectivity index (χ4v) is 3.39. The van der Waals surface area contributed by atoms with Crippen LogP contribution in [0.2, 0.25) is 0 Å². The highest BCUT2D eigenvalue weighted by atomic mass is 16.6. The highest BCUT2D eigenvalue weighted by molar-refractivity contribution is 5.98. The minimum atomic E-state index is -0.315.